The summed E-state index contributed by atoms with van der Waals surface area (Å²) in [4.78, 5) is 11.3. The van der Waals surface area contributed by atoms with E-state index in [0.29, 0.717) is 6.42 Å². The third-order valence-corrected chi connectivity index (χ3v) is 9.62. The number of nitrogens with one attached hydrogen (secondary N) is 1. The van der Waals surface area contributed by atoms with Crippen molar-refractivity contribution in [3.8, 4) is 0 Å². The number of amides is 1. The van der Waals surface area contributed by atoms with Crippen LogP contribution in [0.15, 0.2) is 0 Å². The van der Waals surface area contributed by atoms with Gasteiger partial charge in [-0.2, -0.15) is 0 Å². The lowest BCUT2D eigenvalue weighted by Gasteiger charge is -2.35. The molecule has 0 bridgehead atoms. The molecule has 1 N–H and O–H groups in total. The smallest absolute Gasteiger partial charge is 0.333 e. The van der Waals surface area contributed by atoms with Gasteiger partial charge < -0.3 is 13.7 Å². The first-order chi connectivity index (χ1) is 8.29. The molecule has 0 heterocycles. The zero-order valence-corrected chi connectivity index (χ0v) is 16.3. The van der Waals surface area contributed by atoms with Crippen LogP contribution in [0.25, 0.3) is 0 Å². The number of hydrogen-bond acceptors (Lipinski definition) is 4. The van der Waals surface area contributed by atoms with Gasteiger partial charge in [-0.3, -0.25) is 9.36 Å². The van der Waals surface area contributed by atoms with Crippen LogP contribution in [0.5, 0.6) is 0 Å². The summed E-state index contributed by atoms with van der Waals surface area (Å²) in [5.41, 5.74) is 0. The van der Waals surface area contributed by atoms with E-state index < -0.39 is 30.0 Å². The van der Waals surface area contributed by atoms with Gasteiger partial charge in [0.1, 0.15) is 5.78 Å². The summed E-state index contributed by atoms with van der Waals surface area (Å²) >= 11 is 0. The summed E-state index contributed by atoms with van der Waals surface area (Å²) in [6.45, 7) is 15.1. The summed E-state index contributed by atoms with van der Waals surface area (Å²) in [7, 11) is -7.41. The quantitative estimate of drug-likeness (QED) is 0.572. The molecular weight excluding hydrogens is 297 g/mol. The zero-order valence-electron chi connectivity index (χ0n) is 13.4. The highest BCUT2D eigenvalue weighted by molar-refractivity contribution is 7.57. The van der Waals surface area contributed by atoms with Crippen LogP contribution in [-0.2, 0) is 17.8 Å². The normalized spacial score (nSPS) is 15.2. The molecular formula is C11H28NO4PSi2. The Morgan fingerprint density at radius 1 is 1.11 bits per heavy atom. The highest BCUT2D eigenvalue weighted by Gasteiger charge is 2.42. The minimum atomic E-state index is -3.33. The molecule has 0 aliphatic rings. The van der Waals surface area contributed by atoms with Crippen LogP contribution in [0, 0.1) is 0 Å². The number of carbonyl (C=O) groups excluding carboxylic acids is 1. The molecule has 0 radical (unpaired) electrons. The van der Waals surface area contributed by atoms with Gasteiger partial charge in [-0.05, 0) is 45.7 Å². The highest BCUT2D eigenvalue weighted by Crippen LogP contribution is 2.57. The van der Waals surface area contributed by atoms with E-state index in [1.54, 1.807) is 0 Å². The molecule has 0 aromatic heterocycles. The topological polar surface area (TPSA) is 64.6 Å². The molecule has 0 saturated carbocycles. The maximum atomic E-state index is 13.1. The van der Waals surface area contributed by atoms with Crippen molar-refractivity contribution >= 4 is 30.1 Å². The van der Waals surface area contributed by atoms with E-state index in [9.17, 15) is 9.36 Å². The van der Waals surface area contributed by atoms with Gasteiger partial charge in [0.15, 0.2) is 16.6 Å². The maximum absolute atomic E-state index is 13.1. The minimum absolute atomic E-state index is 0.217. The van der Waals surface area contributed by atoms with E-state index in [-0.39, 0.29) is 5.91 Å². The zero-order chi connectivity index (χ0) is 15.5. The van der Waals surface area contributed by atoms with Crippen molar-refractivity contribution in [3.05, 3.63) is 0 Å². The van der Waals surface area contributed by atoms with Crippen molar-refractivity contribution in [1.82, 2.24) is 5.32 Å². The van der Waals surface area contributed by atoms with Gasteiger partial charge in [-0.1, -0.05) is 6.92 Å². The SMILES string of the molecule is CCC(NC(C)=O)P(=O)(O[Si](C)(C)C)O[Si](C)(C)C. The Balaban J connectivity index is 5.35. The standard InChI is InChI=1S/C11H28NO4PSi2/c1-9-11(12-10(2)13)17(14,15-18(3,4)5)16-19(6,7)8/h11H,9H2,1-8H3,(H,12,13). The monoisotopic (exact) mass is 325 g/mol. The number of carbonyl (C=O) groups is 1. The molecule has 114 valence electrons. The van der Waals surface area contributed by atoms with Gasteiger partial charge in [-0.15, -0.1) is 0 Å². The van der Waals surface area contributed by atoms with Crippen molar-refractivity contribution in [2.45, 2.75) is 65.3 Å². The fourth-order valence-corrected chi connectivity index (χ4v) is 9.95. The van der Waals surface area contributed by atoms with Crippen LogP contribution in [0.4, 0.5) is 0 Å². The Bertz CT molecular complexity index is 343. The molecule has 1 atom stereocenters. The maximum Gasteiger partial charge on any atom is 0.333 e. The molecule has 0 spiro atoms. The lowest BCUT2D eigenvalue weighted by Crippen LogP contribution is -2.40. The van der Waals surface area contributed by atoms with Crippen LogP contribution in [-0.4, -0.2) is 28.3 Å². The van der Waals surface area contributed by atoms with E-state index in [0.717, 1.165) is 0 Å². The second kappa shape index (κ2) is 6.67. The molecule has 5 nitrogen and oxygen atoms in total. The summed E-state index contributed by atoms with van der Waals surface area (Å²) in [6.07, 6.45) is 0.520. The molecule has 8 heteroatoms. The lowest BCUT2D eigenvalue weighted by molar-refractivity contribution is -0.119. The van der Waals surface area contributed by atoms with Crippen molar-refractivity contribution in [1.29, 1.82) is 0 Å². The van der Waals surface area contributed by atoms with Crippen molar-refractivity contribution in [2.24, 2.45) is 0 Å². The molecule has 1 amide bonds. The summed E-state index contributed by atoms with van der Waals surface area (Å²) in [5.74, 6) is -0.783. The summed E-state index contributed by atoms with van der Waals surface area (Å²) in [5, 5.41) is 2.71. The van der Waals surface area contributed by atoms with E-state index >= 15 is 0 Å². The first-order valence-electron chi connectivity index (χ1n) is 6.57. The van der Waals surface area contributed by atoms with Gasteiger partial charge in [-0.25, -0.2) is 0 Å². The third-order valence-electron chi connectivity index (χ3n) is 1.94. The predicted molar refractivity (Wildman–Crippen MR) is 84.4 cm³/mol. The highest BCUT2D eigenvalue weighted by atomic mass is 31.2. The molecule has 0 rings (SSSR count). The summed E-state index contributed by atoms with van der Waals surface area (Å²) < 4.78 is 24.8. The van der Waals surface area contributed by atoms with Crippen molar-refractivity contribution in [2.75, 3.05) is 0 Å². The minimum Gasteiger partial charge on any atom is -0.350 e. The fourth-order valence-electron chi connectivity index (χ4n) is 1.55. The molecule has 0 fully saturated rings. The van der Waals surface area contributed by atoms with Crippen molar-refractivity contribution < 1.29 is 17.8 Å². The number of hydrogen-bond donors (Lipinski definition) is 1. The van der Waals surface area contributed by atoms with Crippen LogP contribution in [0.3, 0.4) is 0 Å². The molecule has 0 aromatic rings. The van der Waals surface area contributed by atoms with Gasteiger partial charge in [0.2, 0.25) is 5.91 Å². The van der Waals surface area contributed by atoms with Crippen molar-refractivity contribution in [3.63, 3.8) is 0 Å². The molecule has 19 heavy (non-hydrogen) atoms. The number of rotatable bonds is 7. The average Bonchev–Trinajstić information content (AvgIpc) is 2.06. The van der Waals surface area contributed by atoms with Gasteiger partial charge in [0.25, 0.3) is 0 Å². The van der Waals surface area contributed by atoms with Crippen LogP contribution in [0.1, 0.15) is 20.3 Å². The first-order valence-corrected chi connectivity index (χ1v) is 15.0. The third kappa shape index (κ3) is 8.04. The Labute approximate surface area is 119 Å². The van der Waals surface area contributed by atoms with E-state index in [1.807, 2.05) is 46.2 Å². The van der Waals surface area contributed by atoms with E-state index in [4.69, 9.17) is 8.43 Å². The van der Waals surface area contributed by atoms with Gasteiger partial charge in [0, 0.05) is 6.92 Å². The van der Waals surface area contributed by atoms with Gasteiger partial charge >= 0.3 is 7.60 Å². The fraction of sp³-hybridized carbons (Fsp3) is 0.909. The molecule has 0 aliphatic heterocycles. The van der Waals surface area contributed by atoms with Crippen LogP contribution < -0.4 is 5.32 Å². The Hall–Kier alpha value is 0.0538. The summed E-state index contributed by atoms with van der Waals surface area (Å²) in [6, 6.07) is 0. The second-order valence-corrected chi connectivity index (χ2v) is 18.2. The van der Waals surface area contributed by atoms with Crippen LogP contribution >= 0.6 is 7.60 Å². The first kappa shape index (κ1) is 19.1. The Kier molecular flexibility index (Phi) is 6.69. The van der Waals surface area contributed by atoms with E-state index in [1.165, 1.54) is 6.92 Å². The van der Waals surface area contributed by atoms with Gasteiger partial charge in [0.05, 0.1) is 0 Å². The largest absolute Gasteiger partial charge is 0.350 e. The molecule has 0 saturated heterocycles. The Morgan fingerprint density at radius 2 is 1.47 bits per heavy atom. The molecule has 1 unspecified atom stereocenters. The molecule has 0 aromatic carbocycles. The van der Waals surface area contributed by atoms with Crippen LogP contribution in [0.2, 0.25) is 39.3 Å². The Morgan fingerprint density at radius 3 is 1.68 bits per heavy atom. The lowest BCUT2D eigenvalue weighted by atomic mass is 10.5. The average molecular weight is 325 g/mol. The predicted octanol–water partition coefficient (Wildman–Crippen LogP) is 3.75. The molecule has 0 aliphatic carbocycles. The van der Waals surface area contributed by atoms with E-state index in [2.05, 4.69) is 5.32 Å². The second-order valence-electron chi connectivity index (χ2n) is 6.57.